The summed E-state index contributed by atoms with van der Waals surface area (Å²) in [7, 11) is 0. The molecule has 162 valence electrons. The molecule has 8 heteroatoms. The molecule has 2 aliphatic rings. The zero-order chi connectivity index (χ0) is 22.5. The summed E-state index contributed by atoms with van der Waals surface area (Å²) in [5.74, 6) is -0.933. The molecule has 0 aliphatic carbocycles. The first-order chi connectivity index (χ1) is 15.4. The van der Waals surface area contributed by atoms with Crippen molar-refractivity contribution in [3.63, 3.8) is 0 Å². The molecular formula is C24H20ClN3O4. The molecule has 1 amide bonds. The first kappa shape index (κ1) is 20.5. The van der Waals surface area contributed by atoms with E-state index in [2.05, 4.69) is 10.6 Å². The first-order valence-electron chi connectivity index (χ1n) is 10.3. The maximum Gasteiger partial charge on any atom is 0.250 e. The van der Waals surface area contributed by atoms with E-state index < -0.39 is 23.5 Å². The summed E-state index contributed by atoms with van der Waals surface area (Å²) in [6.45, 7) is 0. The number of halogens is 1. The van der Waals surface area contributed by atoms with Gasteiger partial charge in [0.2, 0.25) is 11.9 Å². The Labute approximate surface area is 189 Å². The number of carbonyl (C=O) groups excluding carboxylic acids is 1. The SMILES string of the molecule is O=C1Nc2ccccc2C12NC(Cc1ccc(O)cc1)C([N+](=O)[O-])C2c1ccc(Cl)cc1. The molecule has 4 atom stereocenters. The highest BCUT2D eigenvalue weighted by atomic mass is 35.5. The van der Waals surface area contributed by atoms with Crippen molar-refractivity contribution in [1.82, 2.24) is 5.32 Å². The number of rotatable bonds is 4. The maximum absolute atomic E-state index is 13.5. The monoisotopic (exact) mass is 449 g/mol. The van der Waals surface area contributed by atoms with Crippen LogP contribution in [0.4, 0.5) is 5.69 Å². The molecule has 0 bridgehead atoms. The van der Waals surface area contributed by atoms with Gasteiger partial charge in [-0.15, -0.1) is 0 Å². The Hall–Kier alpha value is -3.42. The standard InChI is InChI=1S/C24H20ClN3O4/c25-16-9-7-15(8-10-16)21-22(28(31)32)20(13-14-5-11-17(29)12-6-14)27-24(21)18-3-1-2-4-19(18)26-23(24)30/h1-12,20-22,27,29H,13H2,(H,26,30). The van der Waals surface area contributed by atoms with Crippen LogP contribution in [0.3, 0.4) is 0 Å². The van der Waals surface area contributed by atoms with Crippen molar-refractivity contribution in [3.8, 4) is 5.75 Å². The van der Waals surface area contributed by atoms with Crippen molar-refractivity contribution < 1.29 is 14.8 Å². The van der Waals surface area contributed by atoms with Gasteiger partial charge in [0, 0.05) is 21.2 Å². The van der Waals surface area contributed by atoms with E-state index in [0.717, 1.165) is 5.56 Å². The highest BCUT2D eigenvalue weighted by molar-refractivity contribution is 6.30. The number of nitro groups is 1. The quantitative estimate of drug-likeness (QED) is 0.414. The molecule has 32 heavy (non-hydrogen) atoms. The van der Waals surface area contributed by atoms with E-state index >= 15 is 0 Å². The molecular weight excluding hydrogens is 430 g/mol. The van der Waals surface area contributed by atoms with Gasteiger partial charge in [-0.25, -0.2) is 0 Å². The van der Waals surface area contributed by atoms with Crippen LogP contribution >= 0.6 is 11.6 Å². The van der Waals surface area contributed by atoms with Crippen molar-refractivity contribution in [2.75, 3.05) is 5.32 Å². The van der Waals surface area contributed by atoms with Crippen LogP contribution in [0.25, 0.3) is 0 Å². The molecule has 2 aliphatic heterocycles. The Morgan fingerprint density at radius 1 is 1.03 bits per heavy atom. The predicted molar refractivity (Wildman–Crippen MR) is 120 cm³/mol. The van der Waals surface area contributed by atoms with E-state index in [1.54, 1.807) is 54.6 Å². The molecule has 4 unspecified atom stereocenters. The Balaban J connectivity index is 1.67. The van der Waals surface area contributed by atoms with Gasteiger partial charge in [0.05, 0.1) is 12.0 Å². The molecule has 0 aromatic heterocycles. The zero-order valence-corrected chi connectivity index (χ0v) is 17.6. The smallest absolute Gasteiger partial charge is 0.250 e. The normalized spacial score (nSPS) is 26.2. The number of anilines is 1. The molecule has 3 aromatic carbocycles. The number of aromatic hydroxyl groups is 1. The molecule has 0 saturated carbocycles. The number of amides is 1. The Bertz CT molecular complexity index is 1200. The highest BCUT2D eigenvalue weighted by Gasteiger charge is 2.66. The summed E-state index contributed by atoms with van der Waals surface area (Å²) in [4.78, 5) is 25.6. The number of nitrogens with one attached hydrogen (secondary N) is 2. The molecule has 2 heterocycles. The molecule has 3 N–H and O–H groups in total. The van der Waals surface area contributed by atoms with E-state index in [-0.39, 0.29) is 16.6 Å². The van der Waals surface area contributed by atoms with E-state index in [0.29, 0.717) is 28.3 Å². The number of fused-ring (bicyclic) bond motifs is 2. The fraction of sp³-hybridized carbons (Fsp3) is 0.208. The summed E-state index contributed by atoms with van der Waals surface area (Å²) in [6.07, 6.45) is 0.327. The second-order valence-corrected chi connectivity index (χ2v) is 8.67. The average molecular weight is 450 g/mol. The minimum atomic E-state index is -1.29. The van der Waals surface area contributed by atoms with Crippen LogP contribution in [0.2, 0.25) is 5.02 Å². The third-order valence-corrected chi connectivity index (χ3v) is 6.71. The van der Waals surface area contributed by atoms with Gasteiger partial charge in [-0.2, -0.15) is 0 Å². The minimum Gasteiger partial charge on any atom is -0.508 e. The predicted octanol–water partition coefficient (Wildman–Crippen LogP) is 3.84. The number of nitrogens with zero attached hydrogens (tertiary/aromatic N) is 1. The molecule has 0 radical (unpaired) electrons. The summed E-state index contributed by atoms with van der Waals surface area (Å²) in [6, 6.07) is 19.1. The molecule has 3 aromatic rings. The second kappa shape index (κ2) is 7.62. The fourth-order valence-electron chi connectivity index (χ4n) is 5.13. The maximum atomic E-state index is 13.5. The van der Waals surface area contributed by atoms with Crippen molar-refractivity contribution in [2.24, 2.45) is 0 Å². The summed E-state index contributed by atoms with van der Waals surface area (Å²) in [5.41, 5.74) is 1.56. The lowest BCUT2D eigenvalue weighted by Crippen LogP contribution is -2.49. The number of phenolic OH excluding ortho intramolecular Hbond substituents is 1. The fourth-order valence-corrected chi connectivity index (χ4v) is 5.26. The van der Waals surface area contributed by atoms with Crippen LogP contribution in [-0.4, -0.2) is 28.0 Å². The third kappa shape index (κ3) is 3.13. The molecule has 5 rings (SSSR count). The minimum absolute atomic E-state index is 0.124. The number of benzene rings is 3. The molecule has 1 saturated heterocycles. The van der Waals surface area contributed by atoms with Gasteiger partial charge in [0.25, 0.3) is 0 Å². The van der Waals surface area contributed by atoms with Crippen LogP contribution in [-0.2, 0) is 16.8 Å². The lowest BCUT2D eigenvalue weighted by atomic mass is 9.74. The largest absolute Gasteiger partial charge is 0.508 e. The number of hydrogen-bond donors (Lipinski definition) is 3. The van der Waals surface area contributed by atoms with Gasteiger partial charge in [-0.05, 0) is 47.9 Å². The lowest BCUT2D eigenvalue weighted by Gasteiger charge is -2.29. The van der Waals surface area contributed by atoms with Crippen molar-refractivity contribution in [2.45, 2.75) is 30.0 Å². The Kier molecular flexibility index (Phi) is 4.87. The van der Waals surface area contributed by atoms with Gasteiger partial charge in [0.15, 0.2) is 0 Å². The second-order valence-electron chi connectivity index (χ2n) is 8.23. The van der Waals surface area contributed by atoms with Gasteiger partial charge in [0.1, 0.15) is 11.3 Å². The van der Waals surface area contributed by atoms with E-state index in [1.807, 2.05) is 18.2 Å². The topological polar surface area (TPSA) is 104 Å². The van der Waals surface area contributed by atoms with Gasteiger partial charge in [-0.3, -0.25) is 20.2 Å². The zero-order valence-electron chi connectivity index (χ0n) is 16.9. The van der Waals surface area contributed by atoms with Crippen LogP contribution in [0.5, 0.6) is 5.75 Å². The first-order valence-corrected chi connectivity index (χ1v) is 10.6. The van der Waals surface area contributed by atoms with Crippen LogP contribution in [0.1, 0.15) is 22.6 Å². The van der Waals surface area contributed by atoms with Gasteiger partial charge >= 0.3 is 0 Å². The number of hydrogen-bond acceptors (Lipinski definition) is 5. The Morgan fingerprint density at radius 2 is 1.72 bits per heavy atom. The van der Waals surface area contributed by atoms with Gasteiger partial charge < -0.3 is 10.4 Å². The lowest BCUT2D eigenvalue weighted by molar-refractivity contribution is -0.526. The van der Waals surface area contributed by atoms with E-state index in [9.17, 15) is 20.0 Å². The summed E-state index contributed by atoms with van der Waals surface area (Å²) < 4.78 is 0. The number of phenols is 1. The highest BCUT2D eigenvalue weighted by Crippen LogP contribution is 2.52. The number of para-hydroxylation sites is 1. The van der Waals surface area contributed by atoms with E-state index in [4.69, 9.17) is 11.6 Å². The molecule has 7 nitrogen and oxygen atoms in total. The van der Waals surface area contributed by atoms with Crippen LogP contribution in [0.15, 0.2) is 72.8 Å². The Morgan fingerprint density at radius 3 is 2.41 bits per heavy atom. The van der Waals surface area contributed by atoms with Crippen LogP contribution in [0, 0.1) is 10.1 Å². The van der Waals surface area contributed by atoms with E-state index in [1.165, 1.54) is 0 Å². The average Bonchev–Trinajstić information content (AvgIpc) is 3.26. The van der Waals surface area contributed by atoms with Crippen LogP contribution < -0.4 is 10.6 Å². The summed E-state index contributed by atoms with van der Waals surface area (Å²) >= 11 is 6.08. The van der Waals surface area contributed by atoms with Crippen molar-refractivity contribution >= 4 is 23.2 Å². The van der Waals surface area contributed by atoms with Crippen molar-refractivity contribution in [1.29, 1.82) is 0 Å². The molecule has 1 spiro atoms. The molecule has 1 fully saturated rings. The summed E-state index contributed by atoms with van der Waals surface area (Å²) in [5, 5.41) is 28.8. The third-order valence-electron chi connectivity index (χ3n) is 6.46. The van der Waals surface area contributed by atoms with Gasteiger partial charge in [-0.1, -0.05) is 54.1 Å². The number of carbonyl (C=O) groups is 1. The van der Waals surface area contributed by atoms with Crippen molar-refractivity contribution in [3.05, 3.63) is 105 Å².